The van der Waals surface area contributed by atoms with Gasteiger partial charge in [-0.25, -0.2) is 0 Å². The molecule has 2 aromatic carbocycles. The molecule has 0 heterocycles. The van der Waals surface area contributed by atoms with Crippen molar-refractivity contribution in [2.45, 2.75) is 44.1 Å². The van der Waals surface area contributed by atoms with E-state index in [0.29, 0.717) is 28.3 Å². The van der Waals surface area contributed by atoms with Crippen molar-refractivity contribution in [3.63, 3.8) is 0 Å². The van der Waals surface area contributed by atoms with E-state index in [1.807, 2.05) is 12.1 Å². The average Bonchev–Trinajstić information content (AvgIpc) is 2.77. The zero-order valence-corrected chi connectivity index (χ0v) is 18.6. The van der Waals surface area contributed by atoms with Crippen LogP contribution in [0.25, 0.3) is 0 Å². The number of hydrogen-bond acceptors (Lipinski definition) is 4. The highest BCUT2D eigenvalue weighted by Gasteiger charge is 2.51. The molecule has 4 aliphatic carbocycles. The molecule has 4 bridgehead atoms. The van der Waals surface area contributed by atoms with Crippen LogP contribution < -0.4 is 20.1 Å². The predicted octanol–water partition coefficient (Wildman–Crippen LogP) is 4.65. The Kier molecular flexibility index (Phi) is 5.31. The molecular weight excluding hydrogens is 404 g/mol. The molecule has 2 N–H and O–H groups in total. The zero-order chi connectivity index (χ0) is 22.3. The van der Waals surface area contributed by atoms with Crippen LogP contribution in [-0.2, 0) is 0 Å². The van der Waals surface area contributed by atoms with Crippen LogP contribution in [0.4, 0.5) is 5.69 Å². The van der Waals surface area contributed by atoms with Crippen LogP contribution in [0.2, 0.25) is 0 Å². The smallest absolute Gasteiger partial charge is 0.255 e. The van der Waals surface area contributed by atoms with E-state index in [0.717, 1.165) is 37.0 Å². The van der Waals surface area contributed by atoms with Crippen molar-refractivity contribution in [3.8, 4) is 11.5 Å². The maximum Gasteiger partial charge on any atom is 0.255 e. The second-order valence-electron chi connectivity index (χ2n) is 9.75. The molecule has 0 atom stereocenters. The molecule has 0 aliphatic heterocycles. The minimum Gasteiger partial charge on any atom is -0.497 e. The quantitative estimate of drug-likeness (QED) is 0.694. The summed E-state index contributed by atoms with van der Waals surface area (Å²) in [6, 6.07) is 12.2. The fourth-order valence-electron chi connectivity index (χ4n) is 6.50. The first-order chi connectivity index (χ1) is 15.5. The van der Waals surface area contributed by atoms with Gasteiger partial charge >= 0.3 is 0 Å². The topological polar surface area (TPSA) is 76.7 Å². The largest absolute Gasteiger partial charge is 0.497 e. The number of amides is 2. The number of nitrogens with one attached hydrogen (secondary N) is 2. The maximum absolute atomic E-state index is 13.4. The van der Waals surface area contributed by atoms with Crippen LogP contribution in [0.5, 0.6) is 11.5 Å². The summed E-state index contributed by atoms with van der Waals surface area (Å²) in [6.07, 6.45) is 7.23. The molecular formula is C26H30N2O4. The maximum atomic E-state index is 13.4. The normalized spacial score (nSPS) is 27.6. The Labute approximate surface area is 188 Å². The molecule has 32 heavy (non-hydrogen) atoms. The van der Waals surface area contributed by atoms with E-state index in [9.17, 15) is 9.59 Å². The van der Waals surface area contributed by atoms with Crippen LogP contribution >= 0.6 is 0 Å². The van der Waals surface area contributed by atoms with Gasteiger partial charge in [-0.05, 0) is 80.5 Å². The molecule has 6 rings (SSSR count). The second kappa shape index (κ2) is 8.15. The van der Waals surface area contributed by atoms with Crippen LogP contribution in [0.3, 0.4) is 0 Å². The standard InChI is InChI=1S/C26H30N2O4/c1-31-20-10-19(11-21(12-20)32-2)24(29)27-23-6-4-3-5-22(23)25(30)28-26-13-16-7-17(14-26)9-18(8-16)15-26/h3-6,10-12,16-18H,7-9,13-15H2,1-2H3,(H,27,29)(H,28,30). The molecule has 0 saturated heterocycles. The van der Waals surface area contributed by atoms with Crippen LogP contribution in [0, 0.1) is 17.8 Å². The Hall–Kier alpha value is -3.02. The summed E-state index contributed by atoms with van der Waals surface area (Å²) >= 11 is 0. The third-order valence-corrected chi connectivity index (χ3v) is 7.45. The van der Waals surface area contributed by atoms with Crippen LogP contribution in [0.15, 0.2) is 42.5 Å². The molecule has 0 radical (unpaired) electrons. The van der Waals surface area contributed by atoms with Crippen molar-refractivity contribution >= 4 is 17.5 Å². The zero-order valence-electron chi connectivity index (χ0n) is 18.6. The Morgan fingerprint density at radius 1 is 0.844 bits per heavy atom. The fourth-order valence-corrected chi connectivity index (χ4v) is 6.50. The van der Waals surface area contributed by atoms with E-state index in [2.05, 4.69) is 10.6 Å². The fraction of sp³-hybridized carbons (Fsp3) is 0.462. The van der Waals surface area contributed by atoms with Gasteiger partial charge in [-0.3, -0.25) is 9.59 Å². The lowest BCUT2D eigenvalue weighted by molar-refractivity contribution is -0.0166. The summed E-state index contributed by atoms with van der Waals surface area (Å²) in [4.78, 5) is 26.3. The molecule has 6 heteroatoms. The highest BCUT2D eigenvalue weighted by Crippen LogP contribution is 2.55. The van der Waals surface area contributed by atoms with E-state index in [1.165, 1.54) is 19.3 Å². The number of hydrogen-bond donors (Lipinski definition) is 2. The van der Waals surface area contributed by atoms with E-state index in [4.69, 9.17) is 9.47 Å². The molecule has 168 valence electrons. The van der Waals surface area contributed by atoms with Gasteiger partial charge in [0.2, 0.25) is 0 Å². The Bertz CT molecular complexity index is 990. The highest BCUT2D eigenvalue weighted by atomic mass is 16.5. The van der Waals surface area contributed by atoms with E-state index in [1.54, 1.807) is 44.6 Å². The van der Waals surface area contributed by atoms with Gasteiger partial charge in [-0.15, -0.1) is 0 Å². The highest BCUT2D eigenvalue weighted by molar-refractivity contribution is 6.09. The van der Waals surface area contributed by atoms with E-state index >= 15 is 0 Å². The number of ether oxygens (including phenoxy) is 2. The Balaban J connectivity index is 1.35. The number of rotatable bonds is 6. The molecule has 4 saturated carbocycles. The van der Waals surface area contributed by atoms with Gasteiger partial charge < -0.3 is 20.1 Å². The SMILES string of the molecule is COc1cc(OC)cc(C(=O)Nc2ccccc2C(=O)NC23CC4CC(CC(C4)C2)C3)c1. The van der Waals surface area contributed by atoms with Gasteiger partial charge in [0.25, 0.3) is 11.8 Å². The summed E-state index contributed by atoms with van der Waals surface area (Å²) < 4.78 is 10.5. The first kappa shape index (κ1) is 20.9. The Morgan fingerprint density at radius 3 is 1.97 bits per heavy atom. The minimum absolute atomic E-state index is 0.0802. The summed E-state index contributed by atoms with van der Waals surface area (Å²) in [6.45, 7) is 0. The van der Waals surface area contributed by atoms with Crippen molar-refractivity contribution in [1.29, 1.82) is 0 Å². The Morgan fingerprint density at radius 2 is 1.41 bits per heavy atom. The summed E-state index contributed by atoms with van der Waals surface area (Å²) in [7, 11) is 3.08. The monoisotopic (exact) mass is 434 g/mol. The molecule has 4 fully saturated rings. The lowest BCUT2D eigenvalue weighted by Gasteiger charge is -2.56. The van der Waals surface area contributed by atoms with Crippen molar-refractivity contribution in [1.82, 2.24) is 5.32 Å². The van der Waals surface area contributed by atoms with Crippen molar-refractivity contribution in [3.05, 3.63) is 53.6 Å². The molecule has 0 unspecified atom stereocenters. The summed E-state index contributed by atoms with van der Waals surface area (Å²) in [5.41, 5.74) is 1.31. The summed E-state index contributed by atoms with van der Waals surface area (Å²) in [5, 5.41) is 6.31. The lowest BCUT2D eigenvalue weighted by atomic mass is 9.53. The molecule has 2 aromatic rings. The van der Waals surface area contributed by atoms with Crippen molar-refractivity contribution < 1.29 is 19.1 Å². The molecule has 0 aromatic heterocycles. The average molecular weight is 435 g/mol. The van der Waals surface area contributed by atoms with E-state index < -0.39 is 0 Å². The van der Waals surface area contributed by atoms with Crippen LogP contribution in [-0.4, -0.2) is 31.6 Å². The van der Waals surface area contributed by atoms with Gasteiger partial charge in [-0.2, -0.15) is 0 Å². The molecule has 2 amide bonds. The first-order valence-electron chi connectivity index (χ1n) is 11.4. The molecule has 4 aliphatic rings. The van der Waals surface area contributed by atoms with Crippen molar-refractivity contribution in [2.75, 3.05) is 19.5 Å². The van der Waals surface area contributed by atoms with Gasteiger partial charge in [0.1, 0.15) is 11.5 Å². The first-order valence-corrected chi connectivity index (χ1v) is 11.4. The number of carbonyl (C=O) groups excluding carboxylic acids is 2. The molecule has 6 nitrogen and oxygen atoms in total. The number of carbonyl (C=O) groups is 2. The third kappa shape index (κ3) is 3.94. The van der Waals surface area contributed by atoms with Crippen LogP contribution in [0.1, 0.15) is 59.2 Å². The second-order valence-corrected chi connectivity index (χ2v) is 9.75. The van der Waals surface area contributed by atoms with Gasteiger partial charge in [0.15, 0.2) is 0 Å². The summed E-state index contributed by atoms with van der Waals surface area (Å²) in [5.74, 6) is 2.88. The number of para-hydroxylation sites is 1. The van der Waals surface area contributed by atoms with Gasteiger partial charge in [0, 0.05) is 17.2 Å². The van der Waals surface area contributed by atoms with Gasteiger partial charge in [0.05, 0.1) is 25.5 Å². The van der Waals surface area contributed by atoms with E-state index in [-0.39, 0.29) is 17.4 Å². The lowest BCUT2D eigenvalue weighted by Crippen LogP contribution is -2.59. The third-order valence-electron chi connectivity index (χ3n) is 7.45. The predicted molar refractivity (Wildman–Crippen MR) is 122 cm³/mol. The minimum atomic E-state index is -0.322. The number of benzene rings is 2. The van der Waals surface area contributed by atoms with Gasteiger partial charge in [-0.1, -0.05) is 12.1 Å². The number of methoxy groups -OCH3 is 2. The molecule has 0 spiro atoms. The number of anilines is 1. The van der Waals surface area contributed by atoms with Crippen molar-refractivity contribution in [2.24, 2.45) is 17.8 Å².